The zero-order valence-electron chi connectivity index (χ0n) is 21.8. The number of nitrogens with zero attached hydrogens (tertiary/aromatic N) is 1. The Balaban J connectivity index is 1.81. The van der Waals surface area contributed by atoms with Crippen LogP contribution in [0.2, 0.25) is 0 Å². The molecule has 12 heteroatoms. The molecule has 1 aliphatic rings. The third kappa shape index (κ3) is 8.41. The molecule has 0 spiro atoms. The van der Waals surface area contributed by atoms with Crippen LogP contribution in [0.4, 0.5) is 13.2 Å². The molecule has 1 N–H and O–H groups in total. The minimum atomic E-state index is -2.72. The van der Waals surface area contributed by atoms with Gasteiger partial charge in [-0.2, -0.15) is 0 Å². The molecule has 9 nitrogen and oxygen atoms in total. The lowest BCUT2D eigenvalue weighted by Crippen LogP contribution is -2.45. The van der Waals surface area contributed by atoms with Gasteiger partial charge in [-0.1, -0.05) is 18.6 Å². The molecule has 1 aromatic heterocycles. The number of benzene rings is 1. The van der Waals surface area contributed by atoms with Crippen LogP contribution in [0.3, 0.4) is 0 Å². The summed E-state index contributed by atoms with van der Waals surface area (Å²) in [6.07, 6.45) is -1.80. The number of methoxy groups -OCH3 is 1. The van der Waals surface area contributed by atoms with Crippen LogP contribution in [0.5, 0.6) is 11.5 Å². The van der Waals surface area contributed by atoms with Gasteiger partial charge in [-0.05, 0) is 49.8 Å². The molecule has 0 saturated carbocycles. The first-order valence-electron chi connectivity index (χ1n) is 12.5. The zero-order chi connectivity index (χ0) is 28.5. The van der Waals surface area contributed by atoms with Crippen molar-refractivity contribution in [3.63, 3.8) is 0 Å². The highest BCUT2D eigenvalue weighted by atomic mass is 19.3. The summed E-state index contributed by atoms with van der Waals surface area (Å²) in [5.41, 5.74) is 0.509. The molecule has 1 aromatic carbocycles. The van der Waals surface area contributed by atoms with E-state index in [1.807, 2.05) is 0 Å². The average Bonchev–Trinajstić information content (AvgIpc) is 2.92. The normalized spacial score (nSPS) is 21.8. The van der Waals surface area contributed by atoms with Gasteiger partial charge in [-0.25, -0.2) is 22.9 Å². The summed E-state index contributed by atoms with van der Waals surface area (Å²) in [6, 6.07) is 6.14. The third-order valence-electron chi connectivity index (χ3n) is 6.26. The standard InChI is InChI=1S/C27H31F3N2O7/c1-15-24(37-14-22(29)30)18(13-17-7-9-19(28)10-8-17)5-4-6-20(27(35)38-15)32-26(34)23-25(39-16(2)33)21(36-3)11-12-31-23/h7-12,15,18,20,22,24H,4-6,13-14H2,1-3H3,(H,32,34)/t15-,18+,20-,24-/m0/s1. The highest BCUT2D eigenvalue weighted by Gasteiger charge is 2.36. The van der Waals surface area contributed by atoms with Crippen LogP contribution < -0.4 is 14.8 Å². The SMILES string of the molecule is COc1ccnc(C(=O)N[C@H]2CCC[C@H](Cc3ccc(F)cc3)[C@@H](OCC(F)F)[C@H](C)OC2=O)c1OC(C)=O. The van der Waals surface area contributed by atoms with Gasteiger partial charge in [0, 0.05) is 19.2 Å². The molecule has 39 heavy (non-hydrogen) atoms. The molecule has 0 bridgehead atoms. The molecular formula is C27H31F3N2O7. The highest BCUT2D eigenvalue weighted by molar-refractivity contribution is 5.98. The van der Waals surface area contributed by atoms with Crippen LogP contribution in [-0.2, 0) is 25.5 Å². The maximum Gasteiger partial charge on any atom is 0.329 e. The number of esters is 2. The van der Waals surface area contributed by atoms with Gasteiger partial charge in [-0.15, -0.1) is 0 Å². The number of hydrogen-bond acceptors (Lipinski definition) is 8. The van der Waals surface area contributed by atoms with Crippen LogP contribution >= 0.6 is 0 Å². The number of pyridine rings is 1. The van der Waals surface area contributed by atoms with Crippen molar-refractivity contribution in [3.05, 3.63) is 53.6 Å². The number of carbonyl (C=O) groups is 3. The Morgan fingerprint density at radius 1 is 1.18 bits per heavy atom. The number of ether oxygens (including phenoxy) is 4. The quantitative estimate of drug-likeness (QED) is 0.467. The van der Waals surface area contributed by atoms with E-state index in [1.54, 1.807) is 12.1 Å². The van der Waals surface area contributed by atoms with Crippen LogP contribution in [-0.4, -0.2) is 61.2 Å². The van der Waals surface area contributed by atoms with Crippen LogP contribution in [0, 0.1) is 11.7 Å². The van der Waals surface area contributed by atoms with Crippen molar-refractivity contribution < 1.29 is 46.5 Å². The number of amides is 1. The van der Waals surface area contributed by atoms with E-state index in [9.17, 15) is 27.6 Å². The molecule has 2 aromatic rings. The van der Waals surface area contributed by atoms with Gasteiger partial charge in [0.25, 0.3) is 12.3 Å². The number of nitrogens with one attached hydrogen (secondary N) is 1. The van der Waals surface area contributed by atoms with Gasteiger partial charge in [0.15, 0.2) is 11.4 Å². The van der Waals surface area contributed by atoms with Crippen LogP contribution in [0.15, 0.2) is 36.5 Å². The average molecular weight is 553 g/mol. The summed E-state index contributed by atoms with van der Waals surface area (Å²) in [7, 11) is 1.33. The molecule has 1 amide bonds. The molecule has 0 aliphatic carbocycles. The zero-order valence-corrected chi connectivity index (χ0v) is 21.8. The first-order valence-corrected chi connectivity index (χ1v) is 12.5. The predicted molar refractivity (Wildman–Crippen MR) is 132 cm³/mol. The van der Waals surface area contributed by atoms with Crippen LogP contribution in [0.25, 0.3) is 0 Å². The fraction of sp³-hybridized carbons (Fsp3) is 0.481. The van der Waals surface area contributed by atoms with Crippen LogP contribution in [0.1, 0.15) is 49.2 Å². The first-order chi connectivity index (χ1) is 18.6. The van der Waals surface area contributed by atoms with Crippen molar-refractivity contribution >= 4 is 17.8 Å². The number of rotatable bonds is 9. The Bertz CT molecular complexity index is 1150. The Morgan fingerprint density at radius 2 is 1.90 bits per heavy atom. The van der Waals surface area contributed by atoms with E-state index in [-0.39, 0.29) is 29.5 Å². The second kappa shape index (κ2) is 13.9. The van der Waals surface area contributed by atoms with Crippen molar-refractivity contribution in [2.24, 2.45) is 5.92 Å². The molecule has 1 saturated heterocycles. The number of halogens is 3. The summed E-state index contributed by atoms with van der Waals surface area (Å²) in [6.45, 7) is 1.85. The Labute approximate surface area is 224 Å². The van der Waals surface area contributed by atoms with E-state index in [2.05, 4.69) is 10.3 Å². The topological polar surface area (TPSA) is 113 Å². The summed E-state index contributed by atoms with van der Waals surface area (Å²) in [5.74, 6) is -3.11. The van der Waals surface area contributed by atoms with E-state index in [0.29, 0.717) is 19.3 Å². The minimum Gasteiger partial charge on any atom is -0.493 e. The van der Waals surface area contributed by atoms with Crippen molar-refractivity contribution in [1.82, 2.24) is 10.3 Å². The van der Waals surface area contributed by atoms with E-state index < -0.39 is 54.9 Å². The van der Waals surface area contributed by atoms with Crippen molar-refractivity contribution in [1.29, 1.82) is 0 Å². The number of cyclic esters (lactones) is 1. The molecular weight excluding hydrogens is 521 g/mol. The predicted octanol–water partition coefficient (Wildman–Crippen LogP) is 3.88. The van der Waals surface area contributed by atoms with E-state index in [1.165, 1.54) is 38.4 Å². The molecule has 0 unspecified atom stereocenters. The maximum atomic E-state index is 13.4. The monoisotopic (exact) mass is 552 g/mol. The van der Waals surface area contributed by atoms with Crippen molar-refractivity contribution in [2.45, 2.75) is 64.2 Å². The minimum absolute atomic E-state index is 0.0960. The Morgan fingerprint density at radius 3 is 2.54 bits per heavy atom. The van der Waals surface area contributed by atoms with Crippen molar-refractivity contribution in [3.8, 4) is 11.5 Å². The fourth-order valence-electron chi connectivity index (χ4n) is 4.53. The fourth-order valence-corrected chi connectivity index (χ4v) is 4.53. The second-order valence-electron chi connectivity index (χ2n) is 9.16. The Kier molecular flexibility index (Phi) is 10.7. The number of carbonyl (C=O) groups excluding carboxylic acids is 3. The van der Waals surface area contributed by atoms with E-state index in [4.69, 9.17) is 18.9 Å². The first kappa shape index (κ1) is 29.9. The van der Waals surface area contributed by atoms with Gasteiger partial charge in [0.05, 0.1) is 13.2 Å². The van der Waals surface area contributed by atoms with Gasteiger partial charge in [0.2, 0.25) is 5.75 Å². The summed E-state index contributed by atoms with van der Waals surface area (Å²) >= 11 is 0. The highest BCUT2D eigenvalue weighted by Crippen LogP contribution is 2.31. The van der Waals surface area contributed by atoms with Crippen molar-refractivity contribution in [2.75, 3.05) is 13.7 Å². The molecule has 1 aliphatic heterocycles. The van der Waals surface area contributed by atoms with E-state index in [0.717, 1.165) is 12.5 Å². The van der Waals surface area contributed by atoms with E-state index >= 15 is 0 Å². The van der Waals surface area contributed by atoms with Gasteiger partial charge in [0.1, 0.15) is 24.6 Å². The number of alkyl halides is 2. The smallest absolute Gasteiger partial charge is 0.329 e. The summed E-state index contributed by atoms with van der Waals surface area (Å²) < 4.78 is 60.8. The molecule has 3 rings (SSSR count). The molecule has 212 valence electrons. The third-order valence-corrected chi connectivity index (χ3v) is 6.26. The molecule has 4 atom stereocenters. The summed E-state index contributed by atoms with van der Waals surface area (Å²) in [5, 5.41) is 2.58. The number of hydrogen-bond donors (Lipinski definition) is 1. The van der Waals surface area contributed by atoms with Gasteiger partial charge in [-0.3, -0.25) is 9.59 Å². The summed E-state index contributed by atoms with van der Waals surface area (Å²) in [4.78, 5) is 41.7. The molecule has 2 heterocycles. The van der Waals surface area contributed by atoms with Gasteiger partial charge >= 0.3 is 11.9 Å². The number of aromatic nitrogens is 1. The Hall–Kier alpha value is -3.67. The lowest BCUT2D eigenvalue weighted by atomic mass is 9.87. The maximum absolute atomic E-state index is 13.4. The lowest BCUT2D eigenvalue weighted by molar-refractivity contribution is -0.163. The molecule has 1 fully saturated rings. The molecule has 0 radical (unpaired) electrons. The second-order valence-corrected chi connectivity index (χ2v) is 9.16. The largest absolute Gasteiger partial charge is 0.493 e. The van der Waals surface area contributed by atoms with Gasteiger partial charge < -0.3 is 24.3 Å². The lowest BCUT2D eigenvalue weighted by Gasteiger charge is -2.31.